The van der Waals surface area contributed by atoms with E-state index in [9.17, 15) is 14.4 Å². The lowest BCUT2D eigenvalue weighted by Gasteiger charge is -2.38. The van der Waals surface area contributed by atoms with Crippen LogP contribution in [0.15, 0.2) is 0 Å². The Balaban J connectivity index is 2.08. The van der Waals surface area contributed by atoms with Gasteiger partial charge >= 0.3 is 5.97 Å². The first-order valence-electron chi connectivity index (χ1n) is 7.38. The third-order valence-electron chi connectivity index (χ3n) is 4.51. The van der Waals surface area contributed by atoms with Crippen molar-refractivity contribution < 1.29 is 19.1 Å². The van der Waals surface area contributed by atoms with Crippen LogP contribution in [-0.4, -0.2) is 23.8 Å². The van der Waals surface area contributed by atoms with Gasteiger partial charge in [0.2, 0.25) is 5.91 Å². The van der Waals surface area contributed by atoms with Crippen LogP contribution in [0.5, 0.6) is 0 Å². The Morgan fingerprint density at radius 3 is 2.60 bits per heavy atom. The van der Waals surface area contributed by atoms with Crippen molar-refractivity contribution in [2.24, 2.45) is 29.4 Å². The summed E-state index contributed by atoms with van der Waals surface area (Å²) in [6, 6.07) is 0. The van der Waals surface area contributed by atoms with Crippen molar-refractivity contribution in [2.75, 3.05) is 0 Å². The third-order valence-corrected chi connectivity index (χ3v) is 4.51. The van der Waals surface area contributed by atoms with Crippen LogP contribution in [0.25, 0.3) is 0 Å². The fourth-order valence-electron chi connectivity index (χ4n) is 3.67. The molecule has 2 fully saturated rings. The highest BCUT2D eigenvalue weighted by molar-refractivity contribution is 5.85. The highest BCUT2D eigenvalue weighted by Gasteiger charge is 2.42. The van der Waals surface area contributed by atoms with E-state index in [1.54, 1.807) is 0 Å². The van der Waals surface area contributed by atoms with Crippen molar-refractivity contribution >= 4 is 17.7 Å². The zero-order valence-corrected chi connectivity index (χ0v) is 12.1. The summed E-state index contributed by atoms with van der Waals surface area (Å²) in [6.45, 7) is 4.07. The van der Waals surface area contributed by atoms with Crippen LogP contribution < -0.4 is 5.73 Å². The van der Waals surface area contributed by atoms with Crippen LogP contribution in [-0.2, 0) is 19.1 Å². The zero-order valence-electron chi connectivity index (χ0n) is 12.1. The van der Waals surface area contributed by atoms with Gasteiger partial charge in [0, 0.05) is 18.8 Å². The molecule has 5 atom stereocenters. The molecule has 1 amide bonds. The zero-order chi connectivity index (χ0) is 14.9. The van der Waals surface area contributed by atoms with Crippen LogP contribution in [0.1, 0.15) is 46.0 Å². The van der Waals surface area contributed by atoms with Gasteiger partial charge in [-0.3, -0.25) is 14.4 Å². The fourth-order valence-corrected chi connectivity index (χ4v) is 3.67. The number of nitrogens with two attached hydrogens (primary N) is 1. The summed E-state index contributed by atoms with van der Waals surface area (Å²) < 4.78 is 5.39. The highest BCUT2D eigenvalue weighted by atomic mass is 16.5. The van der Waals surface area contributed by atoms with Gasteiger partial charge in [-0.1, -0.05) is 13.8 Å². The first-order chi connectivity index (χ1) is 9.36. The van der Waals surface area contributed by atoms with Gasteiger partial charge in [-0.2, -0.15) is 0 Å². The molecule has 0 bridgehead atoms. The molecule has 1 saturated heterocycles. The number of amides is 1. The molecule has 5 nitrogen and oxygen atoms in total. The minimum Gasteiger partial charge on any atom is -0.462 e. The lowest BCUT2D eigenvalue weighted by Crippen LogP contribution is -2.44. The van der Waals surface area contributed by atoms with E-state index in [-0.39, 0.29) is 48.5 Å². The quantitative estimate of drug-likeness (QED) is 0.793. The van der Waals surface area contributed by atoms with Gasteiger partial charge in [0.15, 0.2) is 0 Å². The van der Waals surface area contributed by atoms with Crippen molar-refractivity contribution in [3.8, 4) is 0 Å². The Hall–Kier alpha value is -1.39. The van der Waals surface area contributed by atoms with E-state index in [0.29, 0.717) is 12.3 Å². The number of hydrogen-bond donors (Lipinski definition) is 1. The molecule has 2 N–H and O–H groups in total. The average molecular weight is 281 g/mol. The summed E-state index contributed by atoms with van der Waals surface area (Å²) in [5.74, 6) is -0.332. The lowest BCUT2D eigenvalue weighted by atomic mass is 9.71. The largest absolute Gasteiger partial charge is 0.462 e. The van der Waals surface area contributed by atoms with E-state index in [4.69, 9.17) is 10.5 Å². The third kappa shape index (κ3) is 3.38. The number of ketones is 1. The molecule has 1 aliphatic carbocycles. The SMILES string of the molecule is C[C@H]1C[C@@H]([C@@H]2C[C@H](CC(N)=O)CC(=O)O2)C(=O)[C@@H](C)C1. The van der Waals surface area contributed by atoms with E-state index >= 15 is 0 Å². The normalized spacial score (nSPS) is 38.4. The lowest BCUT2D eigenvalue weighted by molar-refractivity contribution is -0.164. The molecule has 5 heteroatoms. The molecule has 20 heavy (non-hydrogen) atoms. The monoisotopic (exact) mass is 281 g/mol. The van der Waals surface area contributed by atoms with Crippen molar-refractivity contribution in [2.45, 2.75) is 52.1 Å². The molecule has 0 radical (unpaired) electrons. The summed E-state index contributed by atoms with van der Waals surface area (Å²) in [7, 11) is 0. The van der Waals surface area contributed by atoms with Crippen molar-refractivity contribution in [1.29, 1.82) is 0 Å². The van der Waals surface area contributed by atoms with Gasteiger partial charge in [-0.15, -0.1) is 0 Å². The van der Waals surface area contributed by atoms with E-state index in [1.807, 2.05) is 6.92 Å². The molecular weight excluding hydrogens is 258 g/mol. The fraction of sp³-hybridized carbons (Fsp3) is 0.800. The second kappa shape index (κ2) is 5.94. The van der Waals surface area contributed by atoms with Crippen LogP contribution >= 0.6 is 0 Å². The number of esters is 1. The van der Waals surface area contributed by atoms with Gasteiger partial charge < -0.3 is 10.5 Å². The number of Topliss-reactive ketones (excluding diaryl/α,β-unsaturated/α-hetero) is 1. The summed E-state index contributed by atoms with van der Waals surface area (Å²) >= 11 is 0. The standard InChI is InChI=1S/C15H23NO4/c1-8-3-9(2)15(19)11(4-8)12-5-10(6-13(16)17)7-14(18)20-12/h8-12H,3-7H2,1-2H3,(H2,16,17)/t8-,9+,10-,11+,12+/m1/s1. The van der Waals surface area contributed by atoms with Gasteiger partial charge in [-0.25, -0.2) is 0 Å². The first-order valence-corrected chi connectivity index (χ1v) is 7.38. The number of carbonyl (C=O) groups is 3. The molecule has 112 valence electrons. The molecule has 2 aliphatic rings. The number of carbonyl (C=O) groups excluding carboxylic acids is 3. The average Bonchev–Trinajstić information content (AvgIpc) is 2.32. The van der Waals surface area contributed by atoms with Crippen LogP contribution in [0.2, 0.25) is 0 Å². The van der Waals surface area contributed by atoms with E-state index in [1.165, 1.54) is 0 Å². The second-order valence-electron chi connectivity index (χ2n) is 6.49. The van der Waals surface area contributed by atoms with E-state index in [2.05, 4.69) is 6.92 Å². The van der Waals surface area contributed by atoms with Gasteiger partial charge in [0.05, 0.1) is 5.92 Å². The predicted molar refractivity (Wildman–Crippen MR) is 72.5 cm³/mol. The molecule has 0 aromatic rings. The Bertz CT molecular complexity index is 418. The van der Waals surface area contributed by atoms with Crippen molar-refractivity contribution in [3.63, 3.8) is 0 Å². The Labute approximate surface area is 119 Å². The summed E-state index contributed by atoms with van der Waals surface area (Å²) in [5, 5.41) is 0. The maximum Gasteiger partial charge on any atom is 0.306 e. The maximum absolute atomic E-state index is 12.3. The molecule has 0 unspecified atom stereocenters. The summed E-state index contributed by atoms with van der Waals surface area (Å²) in [4.78, 5) is 35.0. The van der Waals surface area contributed by atoms with Crippen LogP contribution in [0.4, 0.5) is 0 Å². The van der Waals surface area contributed by atoms with Gasteiger partial charge in [0.25, 0.3) is 0 Å². The van der Waals surface area contributed by atoms with Gasteiger partial charge in [-0.05, 0) is 31.1 Å². The van der Waals surface area contributed by atoms with Crippen LogP contribution in [0, 0.1) is 23.7 Å². The first kappa shape index (κ1) is 15.0. The topological polar surface area (TPSA) is 86.5 Å². The number of hydrogen-bond acceptors (Lipinski definition) is 4. The number of ether oxygens (including phenoxy) is 1. The summed E-state index contributed by atoms with van der Waals surface area (Å²) in [6.07, 6.45) is 2.29. The minimum absolute atomic E-state index is 0.0268. The molecule has 1 heterocycles. The number of cyclic esters (lactones) is 1. The van der Waals surface area contributed by atoms with Crippen molar-refractivity contribution in [3.05, 3.63) is 0 Å². The predicted octanol–water partition coefficient (Wildman–Crippen LogP) is 1.43. The minimum atomic E-state index is -0.403. The molecule has 1 aliphatic heterocycles. The van der Waals surface area contributed by atoms with E-state index < -0.39 is 5.91 Å². The second-order valence-corrected chi connectivity index (χ2v) is 6.49. The van der Waals surface area contributed by atoms with Crippen molar-refractivity contribution in [1.82, 2.24) is 0 Å². The molecule has 1 saturated carbocycles. The van der Waals surface area contributed by atoms with Crippen LogP contribution in [0.3, 0.4) is 0 Å². The Morgan fingerprint density at radius 1 is 1.25 bits per heavy atom. The molecule has 2 rings (SSSR count). The molecule has 0 spiro atoms. The Morgan fingerprint density at radius 2 is 1.95 bits per heavy atom. The van der Waals surface area contributed by atoms with E-state index in [0.717, 1.165) is 12.8 Å². The summed E-state index contributed by atoms with van der Waals surface area (Å²) in [5.41, 5.74) is 5.21. The highest BCUT2D eigenvalue weighted by Crippen LogP contribution is 2.37. The molecular formula is C15H23NO4. The molecule has 0 aromatic heterocycles. The number of primary amides is 1. The van der Waals surface area contributed by atoms with Gasteiger partial charge in [0.1, 0.15) is 11.9 Å². The Kier molecular flexibility index (Phi) is 4.45. The number of rotatable bonds is 3. The molecule has 0 aromatic carbocycles. The maximum atomic E-state index is 12.3. The smallest absolute Gasteiger partial charge is 0.306 e.